The predicted molar refractivity (Wildman–Crippen MR) is 311 cm³/mol. The van der Waals surface area contributed by atoms with E-state index in [0.717, 1.165) is 122 Å². The molecule has 0 spiro atoms. The summed E-state index contributed by atoms with van der Waals surface area (Å²) in [6, 6.07) is 0. The SMILES string of the molecule is CC/C=C\C/C=C\C/C=C\C/C=C\C/C=C\C/C=C\CCCCCCCCCCCCCCC(=O)OCC(COC(=O)CCCCCCC/C=C\CCC)OC(=O)CCCCCCC/C=C\CCCCCC. The van der Waals surface area contributed by atoms with E-state index in [1.807, 2.05) is 0 Å². The molecule has 412 valence electrons. The number of hydrogen-bond donors (Lipinski definition) is 0. The number of rotatable bonds is 54. The van der Waals surface area contributed by atoms with Crippen molar-refractivity contribution in [3.05, 3.63) is 97.2 Å². The first kappa shape index (κ1) is 68.3. The molecule has 0 aromatic rings. The van der Waals surface area contributed by atoms with E-state index in [1.54, 1.807) is 0 Å². The number of allylic oxidation sites excluding steroid dienone is 16. The molecule has 72 heavy (non-hydrogen) atoms. The van der Waals surface area contributed by atoms with Crippen LogP contribution in [-0.2, 0) is 28.6 Å². The van der Waals surface area contributed by atoms with E-state index < -0.39 is 6.10 Å². The van der Waals surface area contributed by atoms with E-state index in [0.29, 0.717) is 19.3 Å². The zero-order valence-corrected chi connectivity index (χ0v) is 47.2. The van der Waals surface area contributed by atoms with Gasteiger partial charge in [-0.25, -0.2) is 0 Å². The summed E-state index contributed by atoms with van der Waals surface area (Å²) in [7, 11) is 0. The molecule has 1 unspecified atom stereocenters. The third-order valence-corrected chi connectivity index (χ3v) is 12.8. The second-order valence-electron chi connectivity index (χ2n) is 19.9. The molecule has 0 N–H and O–H groups in total. The Morgan fingerprint density at radius 2 is 0.569 bits per heavy atom. The van der Waals surface area contributed by atoms with Crippen molar-refractivity contribution in [1.29, 1.82) is 0 Å². The van der Waals surface area contributed by atoms with E-state index in [1.165, 1.54) is 122 Å². The minimum absolute atomic E-state index is 0.0832. The van der Waals surface area contributed by atoms with Crippen LogP contribution in [0.5, 0.6) is 0 Å². The Morgan fingerprint density at radius 1 is 0.292 bits per heavy atom. The Balaban J connectivity index is 4.15. The first-order valence-electron chi connectivity index (χ1n) is 30.2. The van der Waals surface area contributed by atoms with Crippen molar-refractivity contribution in [3.63, 3.8) is 0 Å². The molecule has 0 aromatic heterocycles. The van der Waals surface area contributed by atoms with E-state index in [-0.39, 0.29) is 31.1 Å². The monoisotopic (exact) mass is 1000 g/mol. The third-order valence-electron chi connectivity index (χ3n) is 12.8. The fourth-order valence-corrected chi connectivity index (χ4v) is 8.27. The third kappa shape index (κ3) is 57.2. The molecule has 6 nitrogen and oxygen atoms in total. The maximum absolute atomic E-state index is 12.8. The van der Waals surface area contributed by atoms with E-state index in [4.69, 9.17) is 14.2 Å². The quantitative estimate of drug-likeness (QED) is 0.0261. The van der Waals surface area contributed by atoms with Gasteiger partial charge in [-0.3, -0.25) is 14.4 Å². The lowest BCUT2D eigenvalue weighted by Gasteiger charge is -2.18. The van der Waals surface area contributed by atoms with Crippen molar-refractivity contribution < 1.29 is 28.6 Å². The number of carbonyl (C=O) groups is 3. The Hall–Kier alpha value is -3.67. The highest BCUT2D eigenvalue weighted by atomic mass is 16.6. The van der Waals surface area contributed by atoms with Gasteiger partial charge in [0.05, 0.1) is 0 Å². The summed E-state index contributed by atoms with van der Waals surface area (Å²) >= 11 is 0. The number of esters is 3. The van der Waals surface area contributed by atoms with Crippen LogP contribution >= 0.6 is 0 Å². The summed E-state index contributed by atoms with van der Waals surface area (Å²) in [6.07, 6.45) is 79.9. The summed E-state index contributed by atoms with van der Waals surface area (Å²) in [6.45, 7) is 6.44. The zero-order chi connectivity index (χ0) is 52.2. The topological polar surface area (TPSA) is 78.9 Å². The van der Waals surface area contributed by atoms with Crippen LogP contribution in [0.1, 0.15) is 284 Å². The van der Waals surface area contributed by atoms with Crippen molar-refractivity contribution in [3.8, 4) is 0 Å². The highest BCUT2D eigenvalue weighted by Gasteiger charge is 2.19. The molecule has 0 aliphatic heterocycles. The van der Waals surface area contributed by atoms with E-state index >= 15 is 0 Å². The lowest BCUT2D eigenvalue weighted by molar-refractivity contribution is -0.167. The minimum Gasteiger partial charge on any atom is -0.462 e. The molecule has 0 saturated heterocycles. The number of hydrogen-bond acceptors (Lipinski definition) is 6. The summed E-state index contributed by atoms with van der Waals surface area (Å²) < 4.78 is 16.8. The molecular weight excluding hydrogens is 889 g/mol. The van der Waals surface area contributed by atoms with Crippen molar-refractivity contribution >= 4 is 17.9 Å². The van der Waals surface area contributed by atoms with Gasteiger partial charge < -0.3 is 14.2 Å². The smallest absolute Gasteiger partial charge is 0.306 e. The lowest BCUT2D eigenvalue weighted by Crippen LogP contribution is -2.30. The fourth-order valence-electron chi connectivity index (χ4n) is 8.27. The first-order valence-corrected chi connectivity index (χ1v) is 30.2. The minimum atomic E-state index is -0.784. The molecule has 0 aliphatic carbocycles. The average Bonchev–Trinajstić information content (AvgIpc) is 3.38. The van der Waals surface area contributed by atoms with Crippen LogP contribution < -0.4 is 0 Å². The summed E-state index contributed by atoms with van der Waals surface area (Å²) in [5.41, 5.74) is 0. The van der Waals surface area contributed by atoms with Crippen LogP contribution in [0.4, 0.5) is 0 Å². The highest BCUT2D eigenvalue weighted by Crippen LogP contribution is 2.15. The van der Waals surface area contributed by atoms with Gasteiger partial charge >= 0.3 is 17.9 Å². The number of unbranched alkanes of at least 4 members (excludes halogenated alkanes) is 27. The molecule has 1 atom stereocenters. The number of ether oxygens (including phenoxy) is 3. The Bertz CT molecular complexity index is 1430. The van der Waals surface area contributed by atoms with Crippen LogP contribution in [0.2, 0.25) is 0 Å². The van der Waals surface area contributed by atoms with Gasteiger partial charge in [-0.2, -0.15) is 0 Å². The van der Waals surface area contributed by atoms with Gasteiger partial charge in [0.25, 0.3) is 0 Å². The summed E-state index contributed by atoms with van der Waals surface area (Å²) in [5, 5.41) is 0. The first-order chi connectivity index (χ1) is 35.5. The molecule has 6 heteroatoms. The molecule has 0 heterocycles. The molecule has 0 amide bonds. The maximum atomic E-state index is 12.8. The Morgan fingerprint density at radius 3 is 0.917 bits per heavy atom. The standard InChI is InChI=1S/C66H112O6/c1-4-7-10-13-16-19-22-24-25-26-27-28-29-30-31-32-33-34-35-36-37-38-39-40-41-43-44-47-50-53-56-59-65(68)71-62-63(61-70-64(67)58-55-52-49-46-21-18-15-12-9-6-3)72-66(69)60-57-54-51-48-45-42-23-20-17-14-11-8-5-2/h7,10,12,15-16,19-20,23-25,27-28,30-31,33-34,63H,4-6,8-9,11,13-14,17-18,21-22,26,29,32,35-62H2,1-3H3/b10-7-,15-12-,19-16-,23-20-,25-24-,28-27-,31-30-,34-33-. The highest BCUT2D eigenvalue weighted by molar-refractivity contribution is 5.71. The van der Waals surface area contributed by atoms with Crippen LogP contribution in [0, 0.1) is 0 Å². The van der Waals surface area contributed by atoms with E-state index in [2.05, 4.69) is 118 Å². The molecule has 0 rings (SSSR count). The second-order valence-corrected chi connectivity index (χ2v) is 19.9. The van der Waals surface area contributed by atoms with Gasteiger partial charge in [0, 0.05) is 19.3 Å². The van der Waals surface area contributed by atoms with Crippen LogP contribution in [0.15, 0.2) is 97.2 Å². The second kappa shape index (κ2) is 59.9. The molecule has 0 aromatic carbocycles. The van der Waals surface area contributed by atoms with Gasteiger partial charge in [-0.05, 0) is 116 Å². The van der Waals surface area contributed by atoms with Crippen molar-refractivity contribution in [1.82, 2.24) is 0 Å². The molecular formula is C66H112O6. The molecule has 0 fully saturated rings. The van der Waals surface area contributed by atoms with Crippen LogP contribution in [0.25, 0.3) is 0 Å². The van der Waals surface area contributed by atoms with Crippen LogP contribution in [-0.4, -0.2) is 37.2 Å². The van der Waals surface area contributed by atoms with Crippen molar-refractivity contribution in [2.45, 2.75) is 290 Å². The lowest BCUT2D eigenvalue weighted by atomic mass is 10.0. The molecule has 0 aliphatic rings. The van der Waals surface area contributed by atoms with Gasteiger partial charge in [0.2, 0.25) is 0 Å². The number of carbonyl (C=O) groups excluding carboxylic acids is 3. The summed E-state index contributed by atoms with van der Waals surface area (Å²) in [4.78, 5) is 38.1. The fraction of sp³-hybridized carbons (Fsp3) is 0.712. The molecule has 0 saturated carbocycles. The average molecular weight is 1000 g/mol. The van der Waals surface area contributed by atoms with Crippen LogP contribution in [0.3, 0.4) is 0 Å². The Labute approximate surface area is 445 Å². The van der Waals surface area contributed by atoms with Crippen molar-refractivity contribution in [2.75, 3.05) is 13.2 Å². The normalized spacial score (nSPS) is 12.8. The van der Waals surface area contributed by atoms with Gasteiger partial charge in [-0.1, -0.05) is 246 Å². The predicted octanol–water partition coefficient (Wildman–Crippen LogP) is 20.5. The zero-order valence-electron chi connectivity index (χ0n) is 47.2. The van der Waals surface area contributed by atoms with Gasteiger partial charge in [-0.15, -0.1) is 0 Å². The molecule has 0 bridgehead atoms. The van der Waals surface area contributed by atoms with Gasteiger partial charge in [0.15, 0.2) is 6.10 Å². The van der Waals surface area contributed by atoms with Crippen molar-refractivity contribution in [2.24, 2.45) is 0 Å². The Kier molecular flexibility index (Phi) is 56.8. The molecule has 0 radical (unpaired) electrons. The largest absolute Gasteiger partial charge is 0.462 e. The van der Waals surface area contributed by atoms with E-state index in [9.17, 15) is 14.4 Å². The maximum Gasteiger partial charge on any atom is 0.306 e. The van der Waals surface area contributed by atoms with Gasteiger partial charge in [0.1, 0.15) is 13.2 Å². The summed E-state index contributed by atoms with van der Waals surface area (Å²) in [5.74, 6) is -0.901.